The molecule has 0 rings (SSSR count). The molecule has 0 aromatic heterocycles. The maximum absolute atomic E-state index is 11.3. The average molecular weight is 262 g/mol. The van der Waals surface area contributed by atoms with Crippen LogP contribution in [0.5, 0.6) is 0 Å². The molecule has 0 unspecified atom stereocenters. The molecular weight excluding hydrogens is 248 g/mol. The minimum Gasteiger partial charge on any atom is -0.469 e. The normalized spacial score (nSPS) is 9.65. The topological polar surface area (TPSA) is 52.6 Å². The predicted molar refractivity (Wildman–Crippen MR) is 49.9 cm³/mol. The van der Waals surface area contributed by atoms with Gasteiger partial charge in [0.05, 0.1) is 13.7 Å². The van der Waals surface area contributed by atoms with E-state index in [9.17, 15) is 27.2 Å². The van der Waals surface area contributed by atoms with E-state index in [1.807, 2.05) is 0 Å². The highest BCUT2D eigenvalue weighted by molar-refractivity contribution is 5.69. The van der Waals surface area contributed by atoms with Crippen molar-refractivity contribution >= 4 is 11.9 Å². The molecule has 0 amide bonds. The number of esters is 2. The summed E-state index contributed by atoms with van der Waals surface area (Å²) in [5.41, 5.74) is 0. The molecule has 0 aliphatic rings. The van der Waals surface area contributed by atoms with Crippen molar-refractivity contribution in [3.8, 4) is 0 Å². The first-order valence-corrected chi connectivity index (χ1v) is 4.62. The van der Waals surface area contributed by atoms with Crippen LogP contribution in [0.1, 0.15) is 19.8 Å². The molecule has 0 fully saturated rings. The summed E-state index contributed by atoms with van der Waals surface area (Å²) >= 11 is 0. The molecule has 0 heterocycles. The largest absolute Gasteiger partial charge is 0.469 e. The zero-order valence-electron chi connectivity index (χ0n) is 9.42. The smallest absolute Gasteiger partial charge is 0.311 e. The summed E-state index contributed by atoms with van der Waals surface area (Å²) in [7, 11) is 1.07. The molecule has 0 atom stereocenters. The zero-order valence-corrected chi connectivity index (χ0v) is 9.42. The highest BCUT2D eigenvalue weighted by Gasteiger charge is 2.10. The summed E-state index contributed by atoms with van der Waals surface area (Å²) < 4.78 is 53.1. The summed E-state index contributed by atoms with van der Waals surface area (Å²) in [6, 6.07) is 0. The molecule has 0 aromatic carbocycles. The first-order valence-electron chi connectivity index (χ1n) is 4.62. The molecule has 0 aliphatic heterocycles. The van der Waals surface area contributed by atoms with E-state index in [1.54, 1.807) is 6.92 Å². The van der Waals surface area contributed by atoms with Crippen molar-refractivity contribution in [1.82, 2.24) is 0 Å². The SMILES string of the molecule is CCOC(=O)CC(F)F.COC(=O)CC(F)F. The van der Waals surface area contributed by atoms with Crippen LogP contribution < -0.4 is 0 Å². The Hall–Kier alpha value is -1.34. The van der Waals surface area contributed by atoms with Gasteiger partial charge in [-0.1, -0.05) is 0 Å². The Balaban J connectivity index is 0. The maximum Gasteiger partial charge on any atom is 0.311 e. The summed E-state index contributed by atoms with van der Waals surface area (Å²) in [6.45, 7) is 1.73. The van der Waals surface area contributed by atoms with Crippen LogP contribution in [0.3, 0.4) is 0 Å². The van der Waals surface area contributed by atoms with Crippen molar-refractivity contribution in [2.45, 2.75) is 32.6 Å². The second-order valence-electron chi connectivity index (χ2n) is 2.57. The maximum atomic E-state index is 11.3. The Kier molecular flexibility index (Phi) is 11.8. The van der Waals surface area contributed by atoms with Gasteiger partial charge < -0.3 is 9.47 Å². The minimum atomic E-state index is -2.59. The number of ether oxygens (including phenoxy) is 2. The highest BCUT2D eigenvalue weighted by Crippen LogP contribution is 1.99. The lowest BCUT2D eigenvalue weighted by molar-refractivity contribution is -0.146. The van der Waals surface area contributed by atoms with Gasteiger partial charge in [0.15, 0.2) is 0 Å². The fourth-order valence-electron chi connectivity index (χ4n) is 0.555. The van der Waals surface area contributed by atoms with E-state index < -0.39 is 37.6 Å². The van der Waals surface area contributed by atoms with Gasteiger partial charge in [-0.3, -0.25) is 9.59 Å². The second kappa shape index (κ2) is 11.2. The molecule has 8 heteroatoms. The standard InChI is InChI=1S/C5H8F2O2.C4H6F2O2/c1-2-9-5(8)3-4(6)7;1-8-4(7)2-3(5)6/h4H,2-3H2,1H3;3H,2H2,1H3. The van der Waals surface area contributed by atoms with E-state index in [0.717, 1.165) is 7.11 Å². The van der Waals surface area contributed by atoms with Crippen LogP contribution in [0.25, 0.3) is 0 Å². The van der Waals surface area contributed by atoms with Crippen molar-refractivity contribution in [2.24, 2.45) is 0 Å². The third kappa shape index (κ3) is 17.3. The van der Waals surface area contributed by atoms with E-state index >= 15 is 0 Å². The lowest BCUT2D eigenvalue weighted by Crippen LogP contribution is -2.08. The van der Waals surface area contributed by atoms with Gasteiger partial charge in [0, 0.05) is 0 Å². The Bertz CT molecular complexity index is 221. The number of halogens is 4. The van der Waals surface area contributed by atoms with Crippen molar-refractivity contribution in [2.75, 3.05) is 13.7 Å². The molecule has 0 spiro atoms. The molecule has 0 saturated carbocycles. The third-order valence-corrected chi connectivity index (χ3v) is 1.17. The quantitative estimate of drug-likeness (QED) is 0.562. The Morgan fingerprint density at radius 2 is 1.41 bits per heavy atom. The van der Waals surface area contributed by atoms with E-state index in [4.69, 9.17) is 0 Å². The van der Waals surface area contributed by atoms with Gasteiger partial charge in [-0.25, -0.2) is 17.6 Å². The number of carbonyl (C=O) groups is 2. The monoisotopic (exact) mass is 262 g/mol. The van der Waals surface area contributed by atoms with E-state index in [1.165, 1.54) is 0 Å². The highest BCUT2D eigenvalue weighted by atomic mass is 19.3. The van der Waals surface area contributed by atoms with E-state index in [-0.39, 0.29) is 6.61 Å². The van der Waals surface area contributed by atoms with Gasteiger partial charge >= 0.3 is 11.9 Å². The Labute approximate surface area is 95.9 Å². The average Bonchev–Trinajstić information content (AvgIpc) is 2.16. The first kappa shape index (κ1) is 18.0. The number of methoxy groups -OCH3 is 1. The second-order valence-corrected chi connectivity index (χ2v) is 2.57. The predicted octanol–water partition coefficient (Wildman–Crippen LogP) is 2.02. The molecule has 17 heavy (non-hydrogen) atoms. The van der Waals surface area contributed by atoms with Crippen molar-refractivity contribution in [3.05, 3.63) is 0 Å². The van der Waals surface area contributed by atoms with Crippen LogP contribution in [0.15, 0.2) is 0 Å². The van der Waals surface area contributed by atoms with Crippen molar-refractivity contribution < 1.29 is 36.6 Å². The molecular formula is C9H14F4O4. The van der Waals surface area contributed by atoms with Crippen molar-refractivity contribution in [3.63, 3.8) is 0 Å². The van der Waals surface area contributed by atoms with Gasteiger partial charge in [-0.15, -0.1) is 0 Å². The van der Waals surface area contributed by atoms with Crippen molar-refractivity contribution in [1.29, 1.82) is 0 Å². The Morgan fingerprint density at radius 1 is 1.00 bits per heavy atom. The molecule has 0 radical (unpaired) electrons. The summed E-state index contributed by atoms with van der Waals surface area (Å²) in [5.74, 6) is -1.72. The fraction of sp³-hybridized carbons (Fsp3) is 0.778. The number of alkyl halides is 4. The molecule has 0 aliphatic carbocycles. The molecule has 102 valence electrons. The minimum absolute atomic E-state index is 0.158. The van der Waals surface area contributed by atoms with Crippen LogP contribution >= 0.6 is 0 Å². The van der Waals surface area contributed by atoms with Crippen LogP contribution in [-0.4, -0.2) is 38.5 Å². The summed E-state index contributed by atoms with van der Waals surface area (Å²) in [4.78, 5) is 20.1. The van der Waals surface area contributed by atoms with Crippen LogP contribution in [0, 0.1) is 0 Å². The molecule has 0 N–H and O–H groups in total. The van der Waals surface area contributed by atoms with Gasteiger partial charge in [-0.05, 0) is 6.92 Å². The number of hydrogen-bond donors (Lipinski definition) is 0. The van der Waals surface area contributed by atoms with E-state index in [2.05, 4.69) is 9.47 Å². The molecule has 0 aromatic rings. The fourth-order valence-corrected chi connectivity index (χ4v) is 0.555. The van der Waals surface area contributed by atoms with Gasteiger partial charge in [-0.2, -0.15) is 0 Å². The van der Waals surface area contributed by atoms with Gasteiger partial charge in [0.2, 0.25) is 12.9 Å². The number of rotatable bonds is 5. The van der Waals surface area contributed by atoms with Gasteiger partial charge in [0.1, 0.15) is 12.8 Å². The Morgan fingerprint density at radius 3 is 1.65 bits per heavy atom. The molecule has 0 saturated heterocycles. The van der Waals surface area contributed by atoms with E-state index in [0.29, 0.717) is 0 Å². The molecule has 0 bridgehead atoms. The van der Waals surface area contributed by atoms with Crippen LogP contribution in [-0.2, 0) is 19.1 Å². The lowest BCUT2D eigenvalue weighted by Gasteiger charge is -1.98. The van der Waals surface area contributed by atoms with Crippen LogP contribution in [0.4, 0.5) is 17.6 Å². The lowest BCUT2D eigenvalue weighted by atomic mass is 10.5. The summed E-state index contributed by atoms with van der Waals surface area (Å²) in [5, 5.41) is 0. The van der Waals surface area contributed by atoms with Crippen LogP contribution in [0.2, 0.25) is 0 Å². The zero-order chi connectivity index (χ0) is 13.8. The van der Waals surface area contributed by atoms with Gasteiger partial charge in [0.25, 0.3) is 0 Å². The number of hydrogen-bond acceptors (Lipinski definition) is 4. The molecule has 4 nitrogen and oxygen atoms in total. The summed E-state index contributed by atoms with van der Waals surface area (Å²) in [6.07, 6.45) is -6.80. The number of carbonyl (C=O) groups excluding carboxylic acids is 2. The third-order valence-electron chi connectivity index (χ3n) is 1.17. The first-order chi connectivity index (χ1) is 7.83.